The van der Waals surface area contributed by atoms with Crippen LogP contribution in [0, 0.1) is 0 Å². The number of hydrogen-bond acceptors (Lipinski definition) is 3. The first kappa shape index (κ1) is 9.96. The number of rotatable bonds is 3. The van der Waals surface area contributed by atoms with Crippen molar-refractivity contribution in [3.8, 4) is 0 Å². The summed E-state index contributed by atoms with van der Waals surface area (Å²) in [5.41, 5.74) is 5.48. The van der Waals surface area contributed by atoms with Gasteiger partial charge in [-0.2, -0.15) is 0 Å². The van der Waals surface area contributed by atoms with E-state index in [1.54, 1.807) is 0 Å². The standard InChI is InChI=1S/C9H21N3/c1-9-8-12(6-2-4-10)7-3-5-11-9/h9,11H,2-8,10H2,1H3. The highest BCUT2D eigenvalue weighted by Gasteiger charge is 2.12. The van der Waals surface area contributed by atoms with Crippen LogP contribution in [0.2, 0.25) is 0 Å². The topological polar surface area (TPSA) is 41.3 Å². The molecule has 0 amide bonds. The van der Waals surface area contributed by atoms with Crippen LogP contribution in [0.3, 0.4) is 0 Å². The predicted molar refractivity (Wildman–Crippen MR) is 52.2 cm³/mol. The number of nitrogens with two attached hydrogens (primary N) is 1. The molecule has 1 fully saturated rings. The second kappa shape index (κ2) is 5.51. The first-order valence-electron chi connectivity index (χ1n) is 4.98. The van der Waals surface area contributed by atoms with Crippen LogP contribution in [0.1, 0.15) is 19.8 Å². The second-order valence-electron chi connectivity index (χ2n) is 3.65. The lowest BCUT2D eigenvalue weighted by molar-refractivity contribution is 0.271. The van der Waals surface area contributed by atoms with Gasteiger partial charge in [0.05, 0.1) is 0 Å². The van der Waals surface area contributed by atoms with Crippen molar-refractivity contribution in [3.05, 3.63) is 0 Å². The summed E-state index contributed by atoms with van der Waals surface area (Å²) in [4.78, 5) is 2.51. The number of hydrogen-bond donors (Lipinski definition) is 2. The lowest BCUT2D eigenvalue weighted by Gasteiger charge is -2.21. The van der Waals surface area contributed by atoms with Gasteiger partial charge in [0.25, 0.3) is 0 Å². The molecule has 0 spiro atoms. The predicted octanol–water partition coefficient (Wildman–Crippen LogP) is 0.0190. The Labute approximate surface area is 75.3 Å². The minimum atomic E-state index is 0.644. The summed E-state index contributed by atoms with van der Waals surface area (Å²) in [5.74, 6) is 0. The summed E-state index contributed by atoms with van der Waals surface area (Å²) in [7, 11) is 0. The van der Waals surface area contributed by atoms with E-state index < -0.39 is 0 Å². The molecule has 0 aromatic rings. The van der Waals surface area contributed by atoms with Crippen LogP contribution in [0.4, 0.5) is 0 Å². The summed E-state index contributed by atoms with van der Waals surface area (Å²) in [5, 5.41) is 3.48. The van der Waals surface area contributed by atoms with Crippen molar-refractivity contribution in [1.82, 2.24) is 10.2 Å². The first-order chi connectivity index (χ1) is 5.83. The first-order valence-corrected chi connectivity index (χ1v) is 4.98. The summed E-state index contributed by atoms with van der Waals surface area (Å²) < 4.78 is 0. The Morgan fingerprint density at radius 2 is 2.42 bits per heavy atom. The zero-order chi connectivity index (χ0) is 8.81. The van der Waals surface area contributed by atoms with E-state index in [1.165, 1.54) is 32.6 Å². The lowest BCUT2D eigenvalue weighted by Crippen LogP contribution is -2.36. The quantitative estimate of drug-likeness (QED) is 0.629. The molecule has 1 rings (SSSR count). The summed E-state index contributed by atoms with van der Waals surface area (Å²) >= 11 is 0. The monoisotopic (exact) mass is 171 g/mol. The largest absolute Gasteiger partial charge is 0.330 e. The van der Waals surface area contributed by atoms with Gasteiger partial charge in [-0.3, -0.25) is 0 Å². The minimum Gasteiger partial charge on any atom is -0.330 e. The highest BCUT2D eigenvalue weighted by molar-refractivity contribution is 4.72. The zero-order valence-electron chi connectivity index (χ0n) is 8.05. The SMILES string of the molecule is CC1CN(CCCN)CCCN1. The van der Waals surface area contributed by atoms with Crippen LogP contribution in [-0.2, 0) is 0 Å². The van der Waals surface area contributed by atoms with Gasteiger partial charge < -0.3 is 16.0 Å². The van der Waals surface area contributed by atoms with E-state index in [0.29, 0.717) is 6.04 Å². The van der Waals surface area contributed by atoms with E-state index in [1.807, 2.05) is 0 Å². The Bertz CT molecular complexity index is 116. The van der Waals surface area contributed by atoms with Crippen molar-refractivity contribution in [1.29, 1.82) is 0 Å². The van der Waals surface area contributed by atoms with Crippen LogP contribution >= 0.6 is 0 Å². The third-order valence-corrected chi connectivity index (χ3v) is 2.35. The molecule has 1 unspecified atom stereocenters. The average molecular weight is 171 g/mol. The van der Waals surface area contributed by atoms with Gasteiger partial charge in [-0.25, -0.2) is 0 Å². The lowest BCUT2D eigenvalue weighted by atomic mass is 10.3. The van der Waals surface area contributed by atoms with E-state index in [4.69, 9.17) is 5.73 Å². The van der Waals surface area contributed by atoms with Crippen LogP contribution in [-0.4, -0.2) is 43.7 Å². The van der Waals surface area contributed by atoms with Crippen molar-refractivity contribution < 1.29 is 0 Å². The van der Waals surface area contributed by atoms with Gasteiger partial charge in [0, 0.05) is 12.6 Å². The Kier molecular flexibility index (Phi) is 4.58. The van der Waals surface area contributed by atoms with Gasteiger partial charge in [0.2, 0.25) is 0 Å². The molecule has 0 radical (unpaired) electrons. The van der Waals surface area contributed by atoms with Crippen molar-refractivity contribution >= 4 is 0 Å². The maximum absolute atomic E-state index is 5.48. The third kappa shape index (κ3) is 3.52. The van der Waals surface area contributed by atoms with Crippen molar-refractivity contribution in [2.24, 2.45) is 5.73 Å². The van der Waals surface area contributed by atoms with E-state index in [0.717, 1.165) is 13.0 Å². The van der Waals surface area contributed by atoms with E-state index >= 15 is 0 Å². The molecule has 0 aliphatic carbocycles. The molecule has 72 valence electrons. The molecular formula is C9H21N3. The maximum atomic E-state index is 5.48. The molecule has 1 heterocycles. The number of nitrogens with one attached hydrogen (secondary N) is 1. The van der Waals surface area contributed by atoms with Crippen molar-refractivity contribution in [2.45, 2.75) is 25.8 Å². The summed E-state index contributed by atoms with van der Waals surface area (Å²) in [6, 6.07) is 0.644. The van der Waals surface area contributed by atoms with Crippen molar-refractivity contribution in [3.63, 3.8) is 0 Å². The molecule has 0 aromatic heterocycles. The Hall–Kier alpha value is -0.120. The molecule has 0 aromatic carbocycles. The molecule has 0 saturated carbocycles. The van der Waals surface area contributed by atoms with Crippen LogP contribution in [0.5, 0.6) is 0 Å². The van der Waals surface area contributed by atoms with Gasteiger partial charge in [-0.15, -0.1) is 0 Å². The summed E-state index contributed by atoms with van der Waals surface area (Å²) in [6.45, 7) is 7.82. The number of nitrogens with zero attached hydrogens (tertiary/aromatic N) is 1. The maximum Gasteiger partial charge on any atom is 0.0166 e. The Balaban J connectivity index is 2.21. The molecule has 1 aliphatic heterocycles. The van der Waals surface area contributed by atoms with Crippen molar-refractivity contribution in [2.75, 3.05) is 32.7 Å². The molecule has 1 aliphatic rings. The van der Waals surface area contributed by atoms with Gasteiger partial charge in [-0.05, 0) is 45.9 Å². The molecule has 0 bridgehead atoms. The Morgan fingerprint density at radius 3 is 3.17 bits per heavy atom. The molecule has 3 N–H and O–H groups in total. The molecular weight excluding hydrogens is 150 g/mol. The molecule has 1 atom stereocenters. The second-order valence-corrected chi connectivity index (χ2v) is 3.65. The molecule has 12 heavy (non-hydrogen) atoms. The van der Waals surface area contributed by atoms with E-state index in [2.05, 4.69) is 17.1 Å². The summed E-state index contributed by atoms with van der Waals surface area (Å²) in [6.07, 6.45) is 2.40. The van der Waals surface area contributed by atoms with Crippen LogP contribution in [0.25, 0.3) is 0 Å². The molecule has 3 nitrogen and oxygen atoms in total. The smallest absolute Gasteiger partial charge is 0.0166 e. The third-order valence-electron chi connectivity index (χ3n) is 2.35. The molecule has 3 heteroatoms. The zero-order valence-corrected chi connectivity index (χ0v) is 8.05. The highest BCUT2D eigenvalue weighted by Crippen LogP contribution is 2.00. The fourth-order valence-electron chi connectivity index (χ4n) is 1.71. The normalized spacial score (nSPS) is 27.0. The van der Waals surface area contributed by atoms with E-state index in [9.17, 15) is 0 Å². The van der Waals surface area contributed by atoms with Gasteiger partial charge in [0.15, 0.2) is 0 Å². The highest BCUT2D eigenvalue weighted by atomic mass is 15.2. The van der Waals surface area contributed by atoms with Gasteiger partial charge >= 0.3 is 0 Å². The van der Waals surface area contributed by atoms with Crippen LogP contribution in [0.15, 0.2) is 0 Å². The fraction of sp³-hybridized carbons (Fsp3) is 1.00. The van der Waals surface area contributed by atoms with Gasteiger partial charge in [0.1, 0.15) is 0 Å². The average Bonchev–Trinajstić information content (AvgIpc) is 2.26. The van der Waals surface area contributed by atoms with E-state index in [-0.39, 0.29) is 0 Å². The van der Waals surface area contributed by atoms with Gasteiger partial charge in [-0.1, -0.05) is 0 Å². The Morgan fingerprint density at radius 1 is 1.58 bits per heavy atom. The molecule has 1 saturated heterocycles. The van der Waals surface area contributed by atoms with Crippen LogP contribution < -0.4 is 11.1 Å². The minimum absolute atomic E-state index is 0.644. The fourth-order valence-corrected chi connectivity index (χ4v) is 1.71.